The lowest BCUT2D eigenvalue weighted by Gasteiger charge is -2.14. The van der Waals surface area contributed by atoms with Gasteiger partial charge in [-0.05, 0) is 67.0 Å². The van der Waals surface area contributed by atoms with Gasteiger partial charge in [-0.3, -0.25) is 0 Å². The van der Waals surface area contributed by atoms with E-state index in [9.17, 15) is 0 Å². The van der Waals surface area contributed by atoms with Crippen molar-refractivity contribution in [2.75, 3.05) is 5.32 Å². The van der Waals surface area contributed by atoms with E-state index in [0.717, 1.165) is 16.9 Å². The molecule has 0 atom stereocenters. The summed E-state index contributed by atoms with van der Waals surface area (Å²) in [5.41, 5.74) is 6.71. The van der Waals surface area contributed by atoms with Crippen LogP contribution in [0.25, 0.3) is 0 Å². The maximum Gasteiger partial charge on any atom is 0.0403 e. The summed E-state index contributed by atoms with van der Waals surface area (Å²) in [5.74, 6) is 0.825. The van der Waals surface area contributed by atoms with Crippen molar-refractivity contribution in [1.82, 2.24) is 0 Å². The Hall–Kier alpha value is -1.28. The molecular weight excluding hydrogens is 310 g/mol. The molecule has 0 aliphatic heterocycles. The van der Waals surface area contributed by atoms with Crippen molar-refractivity contribution in [3.8, 4) is 0 Å². The first-order valence-corrected chi connectivity index (χ1v) is 8.02. The van der Waals surface area contributed by atoms with Crippen LogP contribution in [-0.2, 0) is 6.54 Å². The normalized spacial score (nSPS) is 14.3. The second-order valence-electron chi connectivity index (χ2n) is 5.79. The van der Waals surface area contributed by atoms with Gasteiger partial charge in [0.2, 0.25) is 0 Å². The molecular formula is C18H20BrN. The lowest BCUT2D eigenvalue weighted by atomic mass is 10.1. The minimum atomic E-state index is 0.825. The Morgan fingerprint density at radius 3 is 2.45 bits per heavy atom. The van der Waals surface area contributed by atoms with E-state index in [4.69, 9.17) is 0 Å². The first-order valence-electron chi connectivity index (χ1n) is 7.23. The Balaban J connectivity index is 1.74. The fourth-order valence-corrected chi connectivity index (χ4v) is 3.44. The van der Waals surface area contributed by atoms with E-state index >= 15 is 0 Å². The fourth-order valence-electron chi connectivity index (χ4n) is 2.75. The zero-order valence-electron chi connectivity index (χ0n) is 12.0. The van der Waals surface area contributed by atoms with Crippen molar-refractivity contribution < 1.29 is 0 Å². The van der Waals surface area contributed by atoms with Gasteiger partial charge in [0.05, 0.1) is 0 Å². The van der Waals surface area contributed by atoms with E-state index in [1.54, 1.807) is 0 Å². The molecule has 2 heteroatoms. The van der Waals surface area contributed by atoms with Gasteiger partial charge in [0.1, 0.15) is 0 Å². The van der Waals surface area contributed by atoms with Gasteiger partial charge >= 0.3 is 0 Å². The van der Waals surface area contributed by atoms with Crippen molar-refractivity contribution in [2.24, 2.45) is 0 Å². The highest BCUT2D eigenvalue weighted by molar-refractivity contribution is 9.10. The number of aryl methyl sites for hydroxylation is 2. The molecule has 1 N–H and O–H groups in total. The average molecular weight is 330 g/mol. The highest BCUT2D eigenvalue weighted by atomic mass is 79.9. The maximum absolute atomic E-state index is 3.59. The first-order chi connectivity index (χ1) is 9.63. The van der Waals surface area contributed by atoms with Crippen molar-refractivity contribution >= 4 is 21.6 Å². The van der Waals surface area contributed by atoms with Crippen LogP contribution in [0.15, 0.2) is 40.9 Å². The monoisotopic (exact) mass is 329 g/mol. The molecule has 2 aromatic carbocycles. The number of hydrogen-bond acceptors (Lipinski definition) is 1. The predicted molar refractivity (Wildman–Crippen MR) is 89.4 cm³/mol. The average Bonchev–Trinajstić information content (AvgIpc) is 3.22. The molecule has 104 valence electrons. The molecule has 0 spiro atoms. The molecule has 1 saturated carbocycles. The molecule has 0 amide bonds. The molecule has 0 radical (unpaired) electrons. The molecule has 3 rings (SSSR count). The fraction of sp³-hybridized carbons (Fsp3) is 0.333. The van der Waals surface area contributed by atoms with Crippen molar-refractivity contribution in [3.05, 3.63) is 63.1 Å². The Bertz CT molecular complexity index is 606. The zero-order chi connectivity index (χ0) is 14.1. The molecule has 1 aliphatic rings. The molecule has 1 aliphatic carbocycles. The van der Waals surface area contributed by atoms with Gasteiger partial charge in [0, 0.05) is 16.7 Å². The van der Waals surface area contributed by atoms with Gasteiger partial charge in [-0.2, -0.15) is 0 Å². The van der Waals surface area contributed by atoms with E-state index in [2.05, 4.69) is 71.5 Å². The number of anilines is 1. The zero-order valence-corrected chi connectivity index (χ0v) is 13.6. The van der Waals surface area contributed by atoms with Crippen LogP contribution in [0.1, 0.15) is 41.0 Å². The van der Waals surface area contributed by atoms with Crippen LogP contribution in [0.2, 0.25) is 0 Å². The third-order valence-corrected chi connectivity index (χ3v) is 4.42. The topological polar surface area (TPSA) is 12.0 Å². The summed E-state index contributed by atoms with van der Waals surface area (Å²) in [6.07, 6.45) is 2.73. The van der Waals surface area contributed by atoms with E-state index in [1.165, 1.54) is 40.8 Å². The molecule has 0 aromatic heterocycles. The highest BCUT2D eigenvalue weighted by Crippen LogP contribution is 2.40. The summed E-state index contributed by atoms with van der Waals surface area (Å²) >= 11 is 3.55. The van der Waals surface area contributed by atoms with Crippen LogP contribution in [0.4, 0.5) is 5.69 Å². The summed E-state index contributed by atoms with van der Waals surface area (Å²) in [4.78, 5) is 0. The predicted octanol–water partition coefficient (Wildman–Crippen LogP) is 5.56. The van der Waals surface area contributed by atoms with Gasteiger partial charge in [-0.25, -0.2) is 0 Å². The van der Waals surface area contributed by atoms with Gasteiger partial charge in [0.15, 0.2) is 0 Å². The van der Waals surface area contributed by atoms with Crippen LogP contribution in [0.3, 0.4) is 0 Å². The van der Waals surface area contributed by atoms with Gasteiger partial charge in [-0.15, -0.1) is 0 Å². The second-order valence-corrected chi connectivity index (χ2v) is 6.70. The Morgan fingerprint density at radius 1 is 1.10 bits per heavy atom. The lowest BCUT2D eigenvalue weighted by Crippen LogP contribution is -2.03. The summed E-state index contributed by atoms with van der Waals surface area (Å²) in [6.45, 7) is 5.20. The number of rotatable bonds is 4. The van der Waals surface area contributed by atoms with Crippen LogP contribution in [0, 0.1) is 13.8 Å². The van der Waals surface area contributed by atoms with Gasteiger partial charge < -0.3 is 5.32 Å². The van der Waals surface area contributed by atoms with Crippen LogP contribution in [-0.4, -0.2) is 0 Å². The molecule has 0 heterocycles. The van der Waals surface area contributed by atoms with Gasteiger partial charge in [0.25, 0.3) is 0 Å². The van der Waals surface area contributed by atoms with E-state index in [0.29, 0.717) is 0 Å². The number of hydrogen-bond donors (Lipinski definition) is 1. The molecule has 1 nitrogen and oxygen atoms in total. The van der Waals surface area contributed by atoms with Crippen molar-refractivity contribution in [2.45, 2.75) is 39.2 Å². The van der Waals surface area contributed by atoms with E-state index in [-0.39, 0.29) is 0 Å². The van der Waals surface area contributed by atoms with E-state index in [1.807, 2.05) is 0 Å². The minimum Gasteiger partial charge on any atom is -0.381 e. The molecule has 0 bridgehead atoms. The minimum absolute atomic E-state index is 0.825. The third kappa shape index (κ3) is 3.06. The van der Waals surface area contributed by atoms with Crippen molar-refractivity contribution in [1.29, 1.82) is 0 Å². The molecule has 1 fully saturated rings. The number of nitrogens with one attached hydrogen (secondary N) is 1. The first kappa shape index (κ1) is 13.7. The summed E-state index contributed by atoms with van der Waals surface area (Å²) < 4.78 is 1.15. The Labute approximate surface area is 129 Å². The lowest BCUT2D eigenvalue weighted by molar-refractivity contribution is 1.08. The van der Waals surface area contributed by atoms with Crippen LogP contribution >= 0.6 is 15.9 Å². The molecule has 20 heavy (non-hydrogen) atoms. The SMILES string of the molecule is Cc1cc(Br)cc(C)c1NCc1cccc(C2CC2)c1. The van der Waals surface area contributed by atoms with Crippen molar-refractivity contribution in [3.63, 3.8) is 0 Å². The standard InChI is InChI=1S/C18H20BrN/c1-12-8-17(19)9-13(2)18(12)20-11-14-4-3-5-16(10-14)15-6-7-15/h3-5,8-10,15,20H,6-7,11H2,1-2H3. The van der Waals surface area contributed by atoms with E-state index < -0.39 is 0 Å². The molecule has 0 saturated heterocycles. The number of benzene rings is 2. The molecule has 0 unspecified atom stereocenters. The summed E-state index contributed by atoms with van der Waals surface area (Å²) in [7, 11) is 0. The van der Waals surface area contributed by atoms with Gasteiger partial charge in [-0.1, -0.05) is 40.2 Å². The highest BCUT2D eigenvalue weighted by Gasteiger charge is 2.23. The van der Waals surface area contributed by atoms with Crippen LogP contribution < -0.4 is 5.32 Å². The third-order valence-electron chi connectivity index (χ3n) is 3.97. The summed E-state index contributed by atoms with van der Waals surface area (Å²) in [6, 6.07) is 13.3. The Kier molecular flexibility index (Phi) is 3.84. The molecule has 2 aromatic rings. The second kappa shape index (κ2) is 5.61. The Morgan fingerprint density at radius 2 is 1.80 bits per heavy atom. The largest absolute Gasteiger partial charge is 0.381 e. The quantitative estimate of drug-likeness (QED) is 0.774. The smallest absolute Gasteiger partial charge is 0.0403 e. The maximum atomic E-state index is 3.59. The van der Waals surface area contributed by atoms with Crippen LogP contribution in [0.5, 0.6) is 0 Å². The number of halogens is 1. The summed E-state index contributed by atoms with van der Waals surface area (Å²) in [5, 5.41) is 3.59.